The molecule has 0 saturated heterocycles. The van der Waals surface area contributed by atoms with E-state index in [0.717, 1.165) is 18.2 Å². The van der Waals surface area contributed by atoms with Gasteiger partial charge in [-0.15, -0.1) is 0 Å². The molecule has 1 amide bonds. The summed E-state index contributed by atoms with van der Waals surface area (Å²) in [5.41, 5.74) is 1.16. The smallest absolute Gasteiger partial charge is 0.277 e. The number of rotatable bonds is 5. The topological polar surface area (TPSA) is 141 Å². The van der Waals surface area contributed by atoms with Crippen LogP contribution in [-0.2, 0) is 0 Å². The number of nitrogens with zero attached hydrogens (tertiary/aromatic N) is 3. The van der Waals surface area contributed by atoms with Crippen molar-refractivity contribution >= 4 is 23.0 Å². The van der Waals surface area contributed by atoms with Crippen molar-refractivity contribution in [1.82, 2.24) is 5.43 Å². The number of nitro benzene ring substituents is 2. The number of benzene rings is 1. The summed E-state index contributed by atoms with van der Waals surface area (Å²) < 4.78 is 5.07. The van der Waals surface area contributed by atoms with Gasteiger partial charge >= 0.3 is 0 Å². The highest BCUT2D eigenvalue weighted by Gasteiger charge is 2.19. The van der Waals surface area contributed by atoms with Gasteiger partial charge in [0.05, 0.1) is 27.7 Å². The molecule has 1 aromatic carbocycles. The van der Waals surface area contributed by atoms with Crippen molar-refractivity contribution in [2.75, 3.05) is 0 Å². The first kappa shape index (κ1) is 15.8. The summed E-state index contributed by atoms with van der Waals surface area (Å²) in [7, 11) is 0. The Labute approximate surface area is 128 Å². The second kappa shape index (κ2) is 6.47. The van der Waals surface area contributed by atoms with Gasteiger partial charge in [0.25, 0.3) is 17.3 Å². The van der Waals surface area contributed by atoms with Crippen LogP contribution in [0.2, 0.25) is 0 Å². The normalized spacial score (nSPS) is 11.1. The monoisotopic (exact) mass is 318 g/mol. The number of hydrazone groups is 1. The van der Waals surface area contributed by atoms with Gasteiger partial charge in [0, 0.05) is 12.1 Å². The number of non-ortho nitro benzene ring substituents is 2. The highest BCUT2D eigenvalue weighted by molar-refractivity contribution is 5.99. The fourth-order valence-electron chi connectivity index (χ4n) is 1.68. The molecule has 0 aliphatic rings. The summed E-state index contributed by atoms with van der Waals surface area (Å²) in [4.78, 5) is 31.9. The summed E-state index contributed by atoms with van der Waals surface area (Å²) in [6.45, 7) is 1.58. The van der Waals surface area contributed by atoms with E-state index in [1.54, 1.807) is 19.1 Å². The third-order valence-corrected chi connectivity index (χ3v) is 2.79. The lowest BCUT2D eigenvalue weighted by Gasteiger charge is -2.02. The Hall–Kier alpha value is -3.56. The maximum atomic E-state index is 12.0. The number of nitro groups is 2. The summed E-state index contributed by atoms with van der Waals surface area (Å²) in [6.07, 6.45) is 1.43. The molecule has 2 rings (SSSR count). The lowest BCUT2D eigenvalue weighted by atomic mass is 10.1. The van der Waals surface area contributed by atoms with E-state index in [9.17, 15) is 25.0 Å². The number of furan rings is 1. The van der Waals surface area contributed by atoms with Crippen molar-refractivity contribution in [2.24, 2.45) is 5.10 Å². The molecule has 10 heteroatoms. The van der Waals surface area contributed by atoms with Crippen molar-refractivity contribution in [1.29, 1.82) is 0 Å². The minimum Gasteiger partial charge on any atom is -0.463 e. The Morgan fingerprint density at radius 3 is 2.26 bits per heavy atom. The van der Waals surface area contributed by atoms with Gasteiger partial charge < -0.3 is 4.42 Å². The number of carbonyl (C=O) groups excluding carboxylic acids is 1. The van der Waals surface area contributed by atoms with Gasteiger partial charge in [0.2, 0.25) is 0 Å². The lowest BCUT2D eigenvalue weighted by molar-refractivity contribution is -0.394. The second-order valence-corrected chi connectivity index (χ2v) is 4.37. The molecule has 10 nitrogen and oxygen atoms in total. The number of amides is 1. The van der Waals surface area contributed by atoms with Crippen LogP contribution in [0.25, 0.3) is 0 Å². The van der Waals surface area contributed by atoms with E-state index in [2.05, 4.69) is 10.5 Å². The molecule has 1 heterocycles. The molecule has 0 atom stereocenters. The van der Waals surface area contributed by atoms with Crippen molar-refractivity contribution < 1.29 is 19.1 Å². The number of hydrogen-bond acceptors (Lipinski definition) is 7. The molecule has 118 valence electrons. The number of carbonyl (C=O) groups is 1. The first-order chi connectivity index (χ1) is 10.9. The van der Waals surface area contributed by atoms with Gasteiger partial charge in [-0.05, 0) is 19.1 Å². The standard InChI is InChI=1S/C13H10N4O6/c1-8(12-3-2-4-23-12)14-15-13(18)9-5-10(16(19)20)7-11(6-9)17(21)22/h2-7H,1H3,(H,15,18). The van der Waals surface area contributed by atoms with Gasteiger partial charge in [-0.2, -0.15) is 5.10 Å². The predicted octanol–water partition coefficient (Wildman–Crippen LogP) is 2.25. The van der Waals surface area contributed by atoms with Crippen molar-refractivity contribution in [3.8, 4) is 0 Å². The third-order valence-electron chi connectivity index (χ3n) is 2.79. The van der Waals surface area contributed by atoms with Crippen LogP contribution in [0, 0.1) is 20.2 Å². The van der Waals surface area contributed by atoms with E-state index in [-0.39, 0.29) is 5.56 Å². The van der Waals surface area contributed by atoms with Crippen LogP contribution >= 0.6 is 0 Å². The van der Waals surface area contributed by atoms with E-state index < -0.39 is 27.1 Å². The quantitative estimate of drug-likeness (QED) is 0.509. The molecule has 0 radical (unpaired) electrons. The minimum absolute atomic E-state index is 0.248. The second-order valence-electron chi connectivity index (χ2n) is 4.37. The molecule has 1 aromatic heterocycles. The molecule has 0 saturated carbocycles. The number of nitrogens with one attached hydrogen (secondary N) is 1. The van der Waals surface area contributed by atoms with Crippen LogP contribution in [0.5, 0.6) is 0 Å². The first-order valence-corrected chi connectivity index (χ1v) is 6.21. The van der Waals surface area contributed by atoms with Crippen LogP contribution in [0.15, 0.2) is 46.1 Å². The summed E-state index contributed by atoms with van der Waals surface area (Å²) in [6, 6.07) is 5.90. The fourth-order valence-corrected chi connectivity index (χ4v) is 1.68. The molecular formula is C13H10N4O6. The zero-order chi connectivity index (χ0) is 17.0. The van der Waals surface area contributed by atoms with E-state index in [4.69, 9.17) is 4.42 Å². The van der Waals surface area contributed by atoms with Gasteiger partial charge in [-0.25, -0.2) is 5.43 Å². The van der Waals surface area contributed by atoms with Crippen LogP contribution < -0.4 is 5.43 Å². The van der Waals surface area contributed by atoms with E-state index in [0.29, 0.717) is 11.5 Å². The molecule has 0 spiro atoms. The SMILES string of the molecule is CC(=NNC(=O)c1cc([N+](=O)[O-])cc([N+](=O)[O-])c1)c1ccco1. The average molecular weight is 318 g/mol. The van der Waals surface area contributed by atoms with E-state index >= 15 is 0 Å². The van der Waals surface area contributed by atoms with Crippen LogP contribution in [0.3, 0.4) is 0 Å². The fraction of sp³-hybridized carbons (Fsp3) is 0.0769. The molecule has 0 aliphatic carbocycles. The summed E-state index contributed by atoms with van der Waals surface area (Å²) in [5.74, 6) is -0.391. The Morgan fingerprint density at radius 1 is 1.17 bits per heavy atom. The van der Waals surface area contributed by atoms with Crippen molar-refractivity contribution in [3.05, 3.63) is 68.1 Å². The molecule has 2 aromatic rings. The highest BCUT2D eigenvalue weighted by Crippen LogP contribution is 2.22. The molecule has 0 bridgehead atoms. The average Bonchev–Trinajstić information content (AvgIpc) is 3.06. The summed E-state index contributed by atoms with van der Waals surface area (Å²) >= 11 is 0. The molecule has 1 N–H and O–H groups in total. The Bertz CT molecular complexity index is 765. The summed E-state index contributed by atoms with van der Waals surface area (Å²) in [5, 5.41) is 25.3. The van der Waals surface area contributed by atoms with Crippen LogP contribution in [0.4, 0.5) is 11.4 Å². The third kappa shape index (κ3) is 3.75. The van der Waals surface area contributed by atoms with Gasteiger partial charge in [0.1, 0.15) is 11.5 Å². The molecule has 0 aliphatic heterocycles. The van der Waals surface area contributed by atoms with Gasteiger partial charge in [0.15, 0.2) is 0 Å². The molecule has 0 fully saturated rings. The largest absolute Gasteiger partial charge is 0.463 e. The molecule has 23 heavy (non-hydrogen) atoms. The Balaban J connectivity index is 2.26. The Morgan fingerprint density at radius 2 is 1.78 bits per heavy atom. The van der Waals surface area contributed by atoms with E-state index in [1.807, 2.05) is 0 Å². The maximum Gasteiger partial charge on any atom is 0.277 e. The predicted molar refractivity (Wildman–Crippen MR) is 78.1 cm³/mol. The molecule has 0 unspecified atom stereocenters. The lowest BCUT2D eigenvalue weighted by Crippen LogP contribution is -2.19. The zero-order valence-electron chi connectivity index (χ0n) is 11.8. The first-order valence-electron chi connectivity index (χ1n) is 6.21. The van der Waals surface area contributed by atoms with Crippen LogP contribution in [0.1, 0.15) is 23.0 Å². The van der Waals surface area contributed by atoms with Crippen molar-refractivity contribution in [3.63, 3.8) is 0 Å². The van der Waals surface area contributed by atoms with E-state index in [1.165, 1.54) is 6.26 Å². The number of hydrogen-bond donors (Lipinski definition) is 1. The maximum absolute atomic E-state index is 12.0. The van der Waals surface area contributed by atoms with Gasteiger partial charge in [-0.3, -0.25) is 25.0 Å². The minimum atomic E-state index is -0.818. The highest BCUT2D eigenvalue weighted by atomic mass is 16.6. The zero-order valence-corrected chi connectivity index (χ0v) is 11.8. The van der Waals surface area contributed by atoms with Crippen LogP contribution in [-0.4, -0.2) is 21.5 Å². The van der Waals surface area contributed by atoms with Gasteiger partial charge in [-0.1, -0.05) is 0 Å². The molecular weight excluding hydrogens is 308 g/mol. The van der Waals surface area contributed by atoms with Crippen molar-refractivity contribution in [2.45, 2.75) is 6.92 Å². The Kier molecular flexibility index (Phi) is 4.45.